The number of aliphatic carboxylic acids is 2. The Morgan fingerprint density at radius 3 is 1.18 bits per heavy atom. The van der Waals surface area contributed by atoms with Crippen molar-refractivity contribution < 1.29 is 74.9 Å². The van der Waals surface area contributed by atoms with E-state index in [1.807, 2.05) is 0 Å². The molecule has 0 saturated carbocycles. The number of rotatable bonds is 26. The number of ether oxygens (including phenoxy) is 3. The van der Waals surface area contributed by atoms with Crippen molar-refractivity contribution in [1.82, 2.24) is 0 Å². The topological polar surface area (TPSA) is 270 Å². The molecule has 0 aromatic carbocycles. The first-order valence-electron chi connectivity index (χ1n) is 21.4. The quantitative estimate of drug-likeness (QED) is 0.0573. The Labute approximate surface area is 357 Å². The molecule has 8 N–H and O–H groups in total. The van der Waals surface area contributed by atoms with Crippen molar-refractivity contribution in [2.75, 3.05) is 19.8 Å². The van der Waals surface area contributed by atoms with Gasteiger partial charge in [0.05, 0.1) is 13.2 Å². The van der Waals surface area contributed by atoms with Crippen LogP contribution in [0.4, 0.5) is 0 Å². The minimum atomic E-state index is -2.22. The van der Waals surface area contributed by atoms with E-state index in [0.717, 1.165) is 0 Å². The van der Waals surface area contributed by atoms with Crippen LogP contribution in [0.15, 0.2) is 0 Å². The van der Waals surface area contributed by atoms with Gasteiger partial charge in [0.2, 0.25) is 5.79 Å². The minimum absolute atomic E-state index is 0.470. The van der Waals surface area contributed by atoms with E-state index in [-0.39, 0.29) is 0 Å². The van der Waals surface area contributed by atoms with Gasteiger partial charge in [-0.1, -0.05) is 0 Å². The molecule has 0 unspecified atom stereocenters. The summed E-state index contributed by atoms with van der Waals surface area (Å²) in [4.78, 5) is 19.0. The molecule has 0 spiro atoms. The largest absolute Gasteiger partial charge is 0.550 e. The van der Waals surface area contributed by atoms with Gasteiger partial charge in [-0.2, -0.15) is 0 Å². The molecule has 57 heavy (non-hydrogen) atoms. The number of hydrogen-bond acceptors (Lipinski definition) is 15. The Bertz CT molecular complexity index is 892. The Morgan fingerprint density at radius 1 is 0.561 bits per heavy atom. The Hall–Kier alpha value is 0.0974. The van der Waals surface area contributed by atoms with Crippen molar-refractivity contribution in [2.24, 2.45) is 0 Å². The zero-order valence-electron chi connectivity index (χ0n) is 35.8. The Morgan fingerprint density at radius 2 is 0.912 bits per heavy atom. The van der Waals surface area contributed by atoms with E-state index < -0.39 is 139 Å². The molecule has 17 heteroatoms. The summed E-state index contributed by atoms with van der Waals surface area (Å²) < 4.78 is 25.5. The van der Waals surface area contributed by atoms with Crippen LogP contribution in [-0.2, 0) is 23.8 Å². The molecule has 0 radical (unpaired) electrons. The summed E-state index contributed by atoms with van der Waals surface area (Å²) in [5, 5.41) is 95.7. The molecule has 15 nitrogen and oxygen atoms in total. The maximum absolute atomic E-state index is 10.00. The molecule has 338 valence electrons. The third kappa shape index (κ3) is 25.6. The van der Waals surface area contributed by atoms with Crippen molar-refractivity contribution in [3.05, 3.63) is 0 Å². The molecule has 9 atom stereocenters. The molecule has 0 bridgehead atoms. The smallest absolute Gasteiger partial charge is 0.224 e. The Kier molecular flexibility index (Phi) is 38.1. The van der Waals surface area contributed by atoms with Crippen molar-refractivity contribution in [3.8, 4) is 0 Å². The molecule has 2 aliphatic heterocycles. The van der Waals surface area contributed by atoms with Crippen molar-refractivity contribution >= 4 is 51.5 Å². The van der Waals surface area contributed by atoms with Gasteiger partial charge >= 0.3 is 185 Å². The first-order chi connectivity index (χ1) is 27.1. The van der Waals surface area contributed by atoms with Gasteiger partial charge in [0.25, 0.3) is 0 Å². The first-order valence-corrected chi connectivity index (χ1v) is 33.5. The van der Waals surface area contributed by atoms with E-state index in [2.05, 4.69) is 41.5 Å². The molecular formula is C40H80O15Sn2. The van der Waals surface area contributed by atoms with Crippen LogP contribution in [0.5, 0.6) is 0 Å². The normalized spacial score (nSPS) is 26.6. The zero-order valence-corrected chi connectivity index (χ0v) is 41.5. The van der Waals surface area contributed by atoms with Crippen LogP contribution in [0.25, 0.3) is 0 Å². The van der Waals surface area contributed by atoms with E-state index in [1.165, 1.54) is 77.0 Å². The van der Waals surface area contributed by atoms with Crippen LogP contribution in [0.3, 0.4) is 0 Å². The van der Waals surface area contributed by atoms with Crippen molar-refractivity contribution in [1.29, 1.82) is 0 Å². The zero-order chi connectivity index (χ0) is 43.8. The fourth-order valence-corrected chi connectivity index (χ4v) is 25.0. The van der Waals surface area contributed by atoms with Crippen LogP contribution < -0.4 is 10.2 Å². The van der Waals surface area contributed by atoms with Crippen LogP contribution in [0.1, 0.15) is 131 Å². The van der Waals surface area contributed by atoms with Crippen LogP contribution >= 0.6 is 0 Å². The van der Waals surface area contributed by atoms with Crippen molar-refractivity contribution in [3.63, 3.8) is 0 Å². The van der Waals surface area contributed by atoms with E-state index in [4.69, 9.17) is 24.4 Å². The van der Waals surface area contributed by atoms with Crippen LogP contribution in [0.2, 0.25) is 26.6 Å². The molecule has 0 aromatic heterocycles. The molecule has 2 heterocycles. The standard InChI is InChI=1S/C12H22O11.C4H6O4.6C4H9.2Sn/c13-1-4-6(16)8(18)9(19)11(21-4)23-12(3-15)10(20)7(17)5(2-14)22-12;5-3(6)1-2-4(7)8;6*1-3-4-2;;/h4-11,13-20H,1-3H2;1-2H2,(H,5,6)(H,7,8);6*1,3-4H2,2H3;;/q;;;;;;;;2*+1/p-2/t4-,5-,6-,7-,8+,9-,10+,11-,12+;;;;;;;;;/m1........./s1. The third-order valence-corrected chi connectivity index (χ3v) is 28.1. The number of aliphatic hydroxyl groups is 8. The van der Waals surface area contributed by atoms with Crippen LogP contribution in [0, 0.1) is 0 Å². The predicted molar refractivity (Wildman–Crippen MR) is 218 cm³/mol. The SMILES string of the molecule is CCC[CH2][Sn+]([CH2]CCC)[CH2]CCC.CCC[CH2][Sn+]([CH2]CCC)[CH2]CCC.O=C([O-])CCC(=O)[O-].OC[C@H]1O[C@@](CO)(O[C@H]2O[C@H](CO)[C@@H](O)[C@H](O)[C@H]2O)[C@@H](O)[C@@H]1O. The summed E-state index contributed by atoms with van der Waals surface area (Å²) in [5.74, 6) is -4.95. The number of unbranched alkanes of at least 4 members (excludes halogenated alkanes) is 6. The van der Waals surface area contributed by atoms with Crippen molar-refractivity contribution in [2.45, 2.75) is 213 Å². The van der Waals surface area contributed by atoms with Gasteiger partial charge in [-0.15, -0.1) is 0 Å². The molecule has 2 aliphatic rings. The minimum Gasteiger partial charge on any atom is -0.550 e. The molecule has 2 fully saturated rings. The fraction of sp³-hybridized carbons (Fsp3) is 0.950. The van der Waals surface area contributed by atoms with E-state index >= 15 is 0 Å². The average Bonchev–Trinajstić information content (AvgIpc) is 3.45. The molecule has 2 rings (SSSR count). The number of carbonyl (C=O) groups is 2. The van der Waals surface area contributed by atoms with Gasteiger partial charge in [-0.25, -0.2) is 0 Å². The van der Waals surface area contributed by atoms with Gasteiger partial charge in [-0.3, -0.25) is 0 Å². The van der Waals surface area contributed by atoms with Gasteiger partial charge < -0.3 is 74.9 Å². The molecular weight excluding hydrogens is 958 g/mol. The number of aliphatic hydroxyl groups excluding tert-OH is 8. The van der Waals surface area contributed by atoms with Gasteiger partial charge in [-0.05, 0) is 12.8 Å². The predicted octanol–water partition coefficient (Wildman–Crippen LogP) is 1.63. The number of hydrogen-bond donors (Lipinski definition) is 8. The second-order valence-electron chi connectivity index (χ2n) is 14.9. The summed E-state index contributed by atoms with van der Waals surface area (Å²) in [6.07, 6.45) is 4.10. The molecule has 2 saturated heterocycles. The molecule has 0 aliphatic carbocycles. The monoisotopic (exact) mass is 1040 g/mol. The number of carboxylic acids is 2. The second-order valence-corrected chi connectivity index (χ2v) is 32.0. The van der Waals surface area contributed by atoms with Crippen LogP contribution in [-0.4, -0.2) is 167 Å². The van der Waals surface area contributed by atoms with E-state index in [0.29, 0.717) is 0 Å². The summed E-state index contributed by atoms with van der Waals surface area (Å²) in [6.45, 7) is 11.7. The first kappa shape index (κ1) is 59.2. The number of carbonyl (C=O) groups excluding carboxylic acids is 2. The third-order valence-electron chi connectivity index (χ3n) is 9.91. The number of carboxylic acid groups (broad SMARTS) is 2. The maximum atomic E-state index is 10.00. The van der Waals surface area contributed by atoms with E-state index in [1.54, 1.807) is 26.6 Å². The van der Waals surface area contributed by atoms with Gasteiger partial charge in [0, 0.05) is 11.9 Å². The Balaban J connectivity index is 0. The van der Waals surface area contributed by atoms with E-state index in [9.17, 15) is 50.4 Å². The second kappa shape index (κ2) is 36.7. The maximum Gasteiger partial charge on any atom is 0.224 e. The fourth-order valence-electron chi connectivity index (χ4n) is 6.15. The summed E-state index contributed by atoms with van der Waals surface area (Å²) in [7, 11) is 0. The van der Waals surface area contributed by atoms with Gasteiger partial charge in [0.15, 0.2) is 6.29 Å². The summed E-state index contributed by atoms with van der Waals surface area (Å²) in [5.41, 5.74) is 0. The molecule has 0 aromatic rings. The average molecular weight is 1040 g/mol. The van der Waals surface area contributed by atoms with Gasteiger partial charge in [0.1, 0.15) is 49.3 Å². The summed E-state index contributed by atoms with van der Waals surface area (Å²) >= 11 is -1.68. The summed E-state index contributed by atoms with van der Waals surface area (Å²) in [6, 6.07) is 0. The molecule has 0 amide bonds.